The van der Waals surface area contributed by atoms with Crippen molar-refractivity contribution < 1.29 is 19.8 Å². The van der Waals surface area contributed by atoms with E-state index in [1.807, 2.05) is 13.8 Å². The summed E-state index contributed by atoms with van der Waals surface area (Å²) in [6, 6.07) is 0. The Morgan fingerprint density at radius 2 is 1.29 bits per heavy atom. The minimum atomic E-state index is -1.01. The summed E-state index contributed by atoms with van der Waals surface area (Å²) in [5.74, 6) is -2.01. The van der Waals surface area contributed by atoms with Crippen molar-refractivity contribution in [3.63, 3.8) is 0 Å². The van der Waals surface area contributed by atoms with E-state index in [-0.39, 0.29) is 18.5 Å². The van der Waals surface area contributed by atoms with Crippen molar-refractivity contribution in [2.75, 3.05) is 13.1 Å². The molecule has 0 saturated carbocycles. The number of rotatable bonds is 6. The lowest BCUT2D eigenvalue weighted by Gasteiger charge is -2.40. The van der Waals surface area contributed by atoms with Crippen molar-refractivity contribution in [3.05, 3.63) is 0 Å². The van der Waals surface area contributed by atoms with Crippen LogP contribution in [-0.4, -0.2) is 45.7 Å². The van der Waals surface area contributed by atoms with Gasteiger partial charge in [-0.25, -0.2) is 0 Å². The highest BCUT2D eigenvalue weighted by molar-refractivity contribution is 5.72. The maximum atomic E-state index is 10.8. The van der Waals surface area contributed by atoms with Gasteiger partial charge < -0.3 is 10.2 Å². The lowest BCUT2D eigenvalue weighted by Crippen LogP contribution is -2.50. The molecular weight excluding hydrogens is 222 g/mol. The minimum Gasteiger partial charge on any atom is -0.480 e. The Balaban J connectivity index is 4.87. The normalized spacial score (nSPS) is 12.8. The van der Waals surface area contributed by atoms with Crippen LogP contribution in [0.3, 0.4) is 0 Å². The summed E-state index contributed by atoms with van der Waals surface area (Å²) in [4.78, 5) is 23.0. The van der Waals surface area contributed by atoms with Gasteiger partial charge in [-0.15, -0.1) is 0 Å². The first-order chi connectivity index (χ1) is 7.44. The number of hydrogen-bond acceptors (Lipinski definition) is 3. The van der Waals surface area contributed by atoms with E-state index in [1.165, 1.54) is 4.90 Å². The van der Waals surface area contributed by atoms with Gasteiger partial charge in [-0.05, 0) is 25.7 Å². The number of carboxylic acid groups (broad SMARTS) is 2. The molecule has 100 valence electrons. The molecule has 0 aromatic carbocycles. The van der Waals surface area contributed by atoms with Crippen LogP contribution in [0.4, 0.5) is 0 Å². The van der Waals surface area contributed by atoms with Crippen LogP contribution in [-0.2, 0) is 9.59 Å². The van der Waals surface area contributed by atoms with E-state index in [9.17, 15) is 9.59 Å². The Morgan fingerprint density at radius 1 is 0.941 bits per heavy atom. The zero-order chi connectivity index (χ0) is 13.9. The third-order valence-electron chi connectivity index (χ3n) is 2.47. The fourth-order valence-electron chi connectivity index (χ4n) is 2.22. The molecule has 0 radical (unpaired) electrons. The highest BCUT2D eigenvalue weighted by Gasteiger charge is 2.33. The Morgan fingerprint density at radius 3 is 1.53 bits per heavy atom. The summed E-state index contributed by atoms with van der Waals surface area (Å²) in [5.41, 5.74) is -0.451. The van der Waals surface area contributed by atoms with E-state index in [0.29, 0.717) is 0 Å². The van der Waals surface area contributed by atoms with E-state index in [2.05, 4.69) is 20.8 Å². The van der Waals surface area contributed by atoms with Gasteiger partial charge in [0.1, 0.15) is 0 Å². The molecule has 0 atom stereocenters. The first kappa shape index (κ1) is 15.9. The SMILES string of the molecule is CC(C)(C)CC(C)(C)N(CC(=O)O)CC(=O)O. The molecule has 0 rings (SSSR count). The van der Waals surface area contributed by atoms with Crippen molar-refractivity contribution in [1.29, 1.82) is 0 Å². The molecule has 5 heteroatoms. The maximum Gasteiger partial charge on any atom is 0.317 e. The largest absolute Gasteiger partial charge is 0.480 e. The van der Waals surface area contributed by atoms with E-state index in [4.69, 9.17) is 10.2 Å². The fraction of sp³-hybridized carbons (Fsp3) is 0.833. The second-order valence-corrected chi connectivity index (χ2v) is 6.19. The fourth-order valence-corrected chi connectivity index (χ4v) is 2.22. The molecule has 0 spiro atoms. The Hall–Kier alpha value is -1.10. The molecule has 0 aliphatic rings. The lowest BCUT2D eigenvalue weighted by molar-refractivity contribution is -0.145. The molecule has 17 heavy (non-hydrogen) atoms. The summed E-state index contributed by atoms with van der Waals surface area (Å²) >= 11 is 0. The first-order valence-corrected chi connectivity index (χ1v) is 5.63. The van der Waals surface area contributed by atoms with Gasteiger partial charge in [0.15, 0.2) is 0 Å². The molecule has 0 aliphatic carbocycles. The summed E-state index contributed by atoms with van der Waals surface area (Å²) in [6.07, 6.45) is 0.723. The molecule has 0 unspecified atom stereocenters. The highest BCUT2D eigenvalue weighted by atomic mass is 16.4. The third-order valence-corrected chi connectivity index (χ3v) is 2.47. The zero-order valence-corrected chi connectivity index (χ0v) is 11.3. The summed E-state index contributed by atoms with van der Waals surface area (Å²) in [6.45, 7) is 9.40. The predicted molar refractivity (Wildman–Crippen MR) is 65.0 cm³/mol. The van der Waals surface area contributed by atoms with Crippen LogP contribution >= 0.6 is 0 Å². The van der Waals surface area contributed by atoms with Gasteiger partial charge in [-0.3, -0.25) is 14.5 Å². The first-order valence-electron chi connectivity index (χ1n) is 5.63. The van der Waals surface area contributed by atoms with E-state index < -0.39 is 17.5 Å². The van der Waals surface area contributed by atoms with E-state index >= 15 is 0 Å². The van der Waals surface area contributed by atoms with Gasteiger partial charge in [-0.2, -0.15) is 0 Å². The number of carboxylic acids is 2. The van der Waals surface area contributed by atoms with Crippen molar-refractivity contribution in [2.24, 2.45) is 5.41 Å². The van der Waals surface area contributed by atoms with Crippen LogP contribution in [0, 0.1) is 5.41 Å². The molecular formula is C12H23NO4. The van der Waals surface area contributed by atoms with Gasteiger partial charge in [0.2, 0.25) is 0 Å². The van der Waals surface area contributed by atoms with Crippen molar-refractivity contribution in [1.82, 2.24) is 4.90 Å². The van der Waals surface area contributed by atoms with Crippen molar-refractivity contribution in [3.8, 4) is 0 Å². The predicted octanol–water partition coefficient (Wildman–Crippen LogP) is 1.67. The summed E-state index contributed by atoms with van der Waals surface area (Å²) in [7, 11) is 0. The van der Waals surface area contributed by atoms with Crippen LogP contribution < -0.4 is 0 Å². The third kappa shape index (κ3) is 6.94. The number of nitrogens with zero attached hydrogens (tertiary/aromatic N) is 1. The average Bonchev–Trinajstić information content (AvgIpc) is 1.95. The van der Waals surface area contributed by atoms with Crippen LogP contribution in [0.2, 0.25) is 0 Å². The number of carbonyl (C=O) groups is 2. The molecule has 0 heterocycles. The van der Waals surface area contributed by atoms with Gasteiger partial charge in [-0.1, -0.05) is 20.8 Å². The van der Waals surface area contributed by atoms with Gasteiger partial charge in [0.05, 0.1) is 13.1 Å². The molecule has 0 fully saturated rings. The summed E-state index contributed by atoms with van der Waals surface area (Å²) in [5, 5.41) is 17.6. The quantitative estimate of drug-likeness (QED) is 0.744. The molecule has 0 aromatic heterocycles. The minimum absolute atomic E-state index is 0.0127. The van der Waals surface area contributed by atoms with Crippen molar-refractivity contribution >= 4 is 11.9 Å². The number of aliphatic carboxylic acids is 2. The average molecular weight is 245 g/mol. The molecule has 0 saturated heterocycles. The van der Waals surface area contributed by atoms with E-state index in [1.54, 1.807) is 0 Å². The molecule has 2 N–H and O–H groups in total. The second-order valence-electron chi connectivity index (χ2n) is 6.19. The van der Waals surface area contributed by atoms with Crippen LogP contribution in [0.25, 0.3) is 0 Å². The lowest BCUT2D eigenvalue weighted by atomic mass is 9.80. The zero-order valence-electron chi connectivity index (χ0n) is 11.3. The van der Waals surface area contributed by atoms with Gasteiger partial charge in [0, 0.05) is 5.54 Å². The Kier molecular flexibility index (Phi) is 5.13. The van der Waals surface area contributed by atoms with Crippen LogP contribution in [0.15, 0.2) is 0 Å². The van der Waals surface area contributed by atoms with Gasteiger partial charge in [0.25, 0.3) is 0 Å². The summed E-state index contributed by atoms with van der Waals surface area (Å²) < 4.78 is 0. The monoisotopic (exact) mass is 245 g/mol. The molecule has 0 bridgehead atoms. The molecule has 0 aromatic rings. The topological polar surface area (TPSA) is 77.8 Å². The van der Waals surface area contributed by atoms with Crippen LogP contribution in [0.1, 0.15) is 41.0 Å². The maximum absolute atomic E-state index is 10.8. The molecule has 5 nitrogen and oxygen atoms in total. The standard InChI is InChI=1S/C12H23NO4/c1-11(2,3)8-12(4,5)13(6-9(14)15)7-10(16)17/h6-8H2,1-5H3,(H,14,15)(H,16,17). The van der Waals surface area contributed by atoms with E-state index in [0.717, 1.165) is 6.42 Å². The Labute approximate surface area is 102 Å². The molecule has 0 aliphatic heterocycles. The molecule has 0 amide bonds. The van der Waals surface area contributed by atoms with Gasteiger partial charge >= 0.3 is 11.9 Å². The number of hydrogen-bond donors (Lipinski definition) is 2. The second kappa shape index (κ2) is 5.49. The highest BCUT2D eigenvalue weighted by Crippen LogP contribution is 2.30. The van der Waals surface area contributed by atoms with Crippen molar-refractivity contribution in [2.45, 2.75) is 46.6 Å². The Bertz CT molecular complexity index is 275. The smallest absolute Gasteiger partial charge is 0.317 e. The van der Waals surface area contributed by atoms with Crippen LogP contribution in [0.5, 0.6) is 0 Å².